The summed E-state index contributed by atoms with van der Waals surface area (Å²) in [6, 6.07) is 17.6. The van der Waals surface area contributed by atoms with Crippen molar-refractivity contribution in [2.45, 2.75) is 19.4 Å². The minimum absolute atomic E-state index is 0.0547. The van der Waals surface area contributed by atoms with Crippen LogP contribution in [-0.4, -0.2) is 17.3 Å². The van der Waals surface area contributed by atoms with E-state index in [1.807, 2.05) is 55.5 Å². The smallest absolute Gasteiger partial charge is 0.244 e. The van der Waals surface area contributed by atoms with Crippen LogP contribution in [0.4, 0.5) is 0 Å². The first-order valence-corrected chi connectivity index (χ1v) is 9.09. The molecule has 1 atom stereocenters. The number of aryl methyl sites for hydroxylation is 1. The fourth-order valence-corrected chi connectivity index (χ4v) is 3.45. The highest BCUT2D eigenvalue weighted by Gasteiger charge is 2.34. The minimum atomic E-state index is -0.410. The number of methoxy groups -OCH3 is 1. The van der Waals surface area contributed by atoms with Gasteiger partial charge in [-0.3, -0.25) is 5.10 Å². The van der Waals surface area contributed by atoms with E-state index in [0.29, 0.717) is 29.6 Å². The molecule has 7 heteroatoms. The molecule has 0 spiro atoms. The number of fused-ring (bicyclic) bond motifs is 1. The lowest BCUT2D eigenvalue weighted by Gasteiger charge is -2.24. The number of ether oxygens (including phenoxy) is 3. The van der Waals surface area contributed by atoms with Crippen molar-refractivity contribution in [3.05, 3.63) is 82.4 Å². The SMILES string of the molecule is COc1ccc([C@@H]2C(C#N)=C(N)Oc3n[nH]c(C)c32)cc1OCc1ccccc1. The average molecular weight is 388 g/mol. The van der Waals surface area contributed by atoms with Crippen LogP contribution in [-0.2, 0) is 6.61 Å². The number of allylic oxidation sites excluding steroid dienone is 1. The zero-order valence-electron chi connectivity index (χ0n) is 16.1. The number of H-pyrrole nitrogens is 1. The summed E-state index contributed by atoms with van der Waals surface area (Å²) in [6.07, 6.45) is 0. The Hall–Kier alpha value is -3.92. The summed E-state index contributed by atoms with van der Waals surface area (Å²) in [5, 5.41) is 16.8. The van der Waals surface area contributed by atoms with E-state index in [1.165, 1.54) is 0 Å². The molecule has 29 heavy (non-hydrogen) atoms. The fourth-order valence-electron chi connectivity index (χ4n) is 3.45. The molecule has 0 radical (unpaired) electrons. The van der Waals surface area contributed by atoms with Crippen LogP contribution >= 0.6 is 0 Å². The van der Waals surface area contributed by atoms with Gasteiger partial charge < -0.3 is 19.9 Å². The lowest BCUT2D eigenvalue weighted by molar-refractivity contribution is 0.284. The Morgan fingerprint density at radius 1 is 1.21 bits per heavy atom. The van der Waals surface area contributed by atoms with Crippen LogP contribution in [0.3, 0.4) is 0 Å². The molecule has 0 saturated carbocycles. The Morgan fingerprint density at radius 2 is 2.00 bits per heavy atom. The molecule has 0 amide bonds. The van der Waals surface area contributed by atoms with Crippen molar-refractivity contribution in [2.24, 2.45) is 5.73 Å². The first-order valence-electron chi connectivity index (χ1n) is 9.09. The summed E-state index contributed by atoms with van der Waals surface area (Å²) >= 11 is 0. The first-order chi connectivity index (χ1) is 14.1. The van der Waals surface area contributed by atoms with Gasteiger partial charge in [0.15, 0.2) is 11.5 Å². The van der Waals surface area contributed by atoms with Gasteiger partial charge in [-0.05, 0) is 30.2 Å². The van der Waals surface area contributed by atoms with Crippen molar-refractivity contribution in [3.8, 4) is 23.4 Å². The van der Waals surface area contributed by atoms with Gasteiger partial charge in [0.25, 0.3) is 0 Å². The molecule has 1 aliphatic heterocycles. The predicted octanol–water partition coefficient (Wildman–Crippen LogP) is 3.52. The van der Waals surface area contributed by atoms with Gasteiger partial charge in [-0.2, -0.15) is 5.26 Å². The van der Waals surface area contributed by atoms with Crippen molar-refractivity contribution in [1.29, 1.82) is 5.26 Å². The molecular formula is C22H20N4O3. The van der Waals surface area contributed by atoms with Crippen LogP contribution in [0.2, 0.25) is 0 Å². The highest BCUT2D eigenvalue weighted by molar-refractivity contribution is 5.57. The van der Waals surface area contributed by atoms with E-state index in [1.54, 1.807) is 7.11 Å². The molecule has 0 bridgehead atoms. The molecule has 2 aromatic carbocycles. The molecule has 2 heterocycles. The number of hydrogen-bond acceptors (Lipinski definition) is 6. The third kappa shape index (κ3) is 3.36. The summed E-state index contributed by atoms with van der Waals surface area (Å²) < 4.78 is 17.0. The predicted molar refractivity (Wildman–Crippen MR) is 106 cm³/mol. The number of nitrogens with two attached hydrogens (primary N) is 1. The molecule has 146 valence electrons. The normalized spacial score (nSPS) is 15.3. The van der Waals surface area contributed by atoms with E-state index < -0.39 is 5.92 Å². The van der Waals surface area contributed by atoms with Gasteiger partial charge in [0.1, 0.15) is 18.2 Å². The third-order valence-electron chi connectivity index (χ3n) is 4.89. The number of aromatic nitrogens is 2. The van der Waals surface area contributed by atoms with Gasteiger partial charge in [0, 0.05) is 11.3 Å². The second-order valence-electron chi connectivity index (χ2n) is 6.68. The maximum atomic E-state index is 9.71. The van der Waals surface area contributed by atoms with E-state index in [2.05, 4.69) is 16.3 Å². The Morgan fingerprint density at radius 3 is 2.72 bits per heavy atom. The van der Waals surface area contributed by atoms with E-state index in [-0.39, 0.29) is 5.88 Å². The zero-order chi connectivity index (χ0) is 20.4. The number of benzene rings is 2. The molecule has 1 aliphatic rings. The molecule has 0 saturated heterocycles. The molecule has 4 rings (SSSR count). The monoisotopic (exact) mass is 388 g/mol. The van der Waals surface area contributed by atoms with Gasteiger partial charge in [0.05, 0.1) is 13.0 Å². The van der Waals surface area contributed by atoms with E-state index >= 15 is 0 Å². The molecule has 0 aliphatic carbocycles. The van der Waals surface area contributed by atoms with Crippen molar-refractivity contribution in [2.75, 3.05) is 7.11 Å². The summed E-state index contributed by atoms with van der Waals surface area (Å²) in [4.78, 5) is 0. The van der Waals surface area contributed by atoms with Crippen LogP contribution in [0.15, 0.2) is 60.0 Å². The van der Waals surface area contributed by atoms with Gasteiger partial charge in [0.2, 0.25) is 11.8 Å². The van der Waals surface area contributed by atoms with Gasteiger partial charge >= 0.3 is 0 Å². The number of nitrogens with one attached hydrogen (secondary N) is 1. The van der Waals surface area contributed by atoms with Crippen molar-refractivity contribution in [3.63, 3.8) is 0 Å². The standard InChI is InChI=1S/C22H20N4O3/c1-13-19-20(16(11-23)21(24)29-22(19)26-25-13)15-8-9-17(27-2)18(10-15)28-12-14-6-4-3-5-7-14/h3-10,20H,12,24H2,1-2H3,(H,25,26)/t20-/m1/s1. The number of nitrogens with zero attached hydrogens (tertiary/aromatic N) is 2. The van der Waals surface area contributed by atoms with Gasteiger partial charge in [-0.15, -0.1) is 5.10 Å². The number of aromatic amines is 1. The summed E-state index contributed by atoms with van der Waals surface area (Å²) in [6.45, 7) is 2.28. The topological polar surface area (TPSA) is 106 Å². The van der Waals surface area contributed by atoms with Crippen molar-refractivity contribution < 1.29 is 14.2 Å². The largest absolute Gasteiger partial charge is 0.493 e. The van der Waals surface area contributed by atoms with E-state index in [9.17, 15) is 5.26 Å². The Labute approximate surface area is 168 Å². The first kappa shape index (κ1) is 18.4. The summed E-state index contributed by atoms with van der Waals surface area (Å²) in [5.74, 6) is 1.22. The second-order valence-corrected chi connectivity index (χ2v) is 6.68. The lowest BCUT2D eigenvalue weighted by atomic mass is 9.84. The summed E-state index contributed by atoms with van der Waals surface area (Å²) in [5.41, 5.74) is 9.81. The quantitative estimate of drug-likeness (QED) is 0.693. The van der Waals surface area contributed by atoms with Crippen molar-refractivity contribution in [1.82, 2.24) is 10.2 Å². The van der Waals surface area contributed by atoms with Crippen LogP contribution in [0.25, 0.3) is 0 Å². The molecule has 0 fully saturated rings. The van der Waals surface area contributed by atoms with E-state index in [0.717, 1.165) is 22.4 Å². The maximum Gasteiger partial charge on any atom is 0.244 e. The summed E-state index contributed by atoms with van der Waals surface area (Å²) in [7, 11) is 1.59. The van der Waals surface area contributed by atoms with Crippen LogP contribution in [0, 0.1) is 18.3 Å². The molecule has 0 unspecified atom stereocenters. The Kier molecular flexibility index (Phi) is 4.83. The molecule has 7 nitrogen and oxygen atoms in total. The Bertz CT molecular complexity index is 1110. The highest BCUT2D eigenvalue weighted by atomic mass is 16.5. The molecule has 1 aromatic heterocycles. The zero-order valence-corrected chi connectivity index (χ0v) is 16.1. The average Bonchev–Trinajstić information content (AvgIpc) is 3.11. The second kappa shape index (κ2) is 7.60. The van der Waals surface area contributed by atoms with Gasteiger partial charge in [-0.25, -0.2) is 0 Å². The van der Waals surface area contributed by atoms with Crippen LogP contribution in [0.5, 0.6) is 17.4 Å². The number of nitriles is 1. The van der Waals surface area contributed by atoms with Crippen LogP contribution < -0.4 is 19.9 Å². The third-order valence-corrected chi connectivity index (χ3v) is 4.89. The fraction of sp³-hybridized carbons (Fsp3) is 0.182. The molecular weight excluding hydrogens is 368 g/mol. The van der Waals surface area contributed by atoms with Gasteiger partial charge in [-0.1, -0.05) is 36.4 Å². The van der Waals surface area contributed by atoms with E-state index in [4.69, 9.17) is 19.9 Å². The molecule has 3 aromatic rings. The Balaban J connectivity index is 1.75. The highest BCUT2D eigenvalue weighted by Crippen LogP contribution is 2.44. The number of rotatable bonds is 5. The maximum absolute atomic E-state index is 9.71. The molecule has 3 N–H and O–H groups in total. The minimum Gasteiger partial charge on any atom is -0.493 e. The number of hydrogen-bond donors (Lipinski definition) is 2. The lowest BCUT2D eigenvalue weighted by Crippen LogP contribution is -2.21. The van der Waals surface area contributed by atoms with Crippen molar-refractivity contribution >= 4 is 0 Å². The van der Waals surface area contributed by atoms with Crippen LogP contribution in [0.1, 0.15) is 28.3 Å².